The normalized spacial score (nSPS) is 10.5. The number of hydrogen-bond acceptors (Lipinski definition) is 9. The highest BCUT2D eigenvalue weighted by Gasteiger charge is 2.17. The van der Waals surface area contributed by atoms with Crippen molar-refractivity contribution in [1.29, 1.82) is 0 Å². The second-order valence-corrected chi connectivity index (χ2v) is 7.58. The minimum atomic E-state index is -0.165. The van der Waals surface area contributed by atoms with Crippen LogP contribution in [0.3, 0.4) is 0 Å². The van der Waals surface area contributed by atoms with Gasteiger partial charge in [0, 0.05) is 6.07 Å². The van der Waals surface area contributed by atoms with E-state index in [1.54, 1.807) is 32.4 Å². The number of carbonyl (C=O) groups excluding carboxylic acids is 1. The van der Waals surface area contributed by atoms with E-state index in [1.165, 1.54) is 16.4 Å². The number of amides is 1. The second kappa shape index (κ2) is 11.9. The summed E-state index contributed by atoms with van der Waals surface area (Å²) >= 11 is 1.18. The zero-order valence-corrected chi connectivity index (χ0v) is 19.6. The molecule has 1 aromatic heterocycles. The van der Waals surface area contributed by atoms with Crippen LogP contribution in [0.15, 0.2) is 47.6 Å². The molecule has 0 saturated heterocycles. The topological polar surface area (TPSA) is 123 Å². The molecular weight excluding hydrogens is 446 g/mol. The maximum Gasteiger partial charge on any atom is 0.230 e. The van der Waals surface area contributed by atoms with Gasteiger partial charge in [0.1, 0.15) is 29.6 Å². The molecule has 0 aliphatic heterocycles. The number of aromatic nitrogens is 3. The van der Waals surface area contributed by atoms with Gasteiger partial charge in [-0.25, -0.2) is 4.68 Å². The molecule has 0 atom stereocenters. The van der Waals surface area contributed by atoms with E-state index < -0.39 is 0 Å². The number of hydrogen-bond donors (Lipinski definition) is 2. The third-order valence-corrected chi connectivity index (χ3v) is 5.42. The highest BCUT2D eigenvalue weighted by Crippen LogP contribution is 2.32. The van der Waals surface area contributed by atoms with Gasteiger partial charge >= 0.3 is 0 Å². The van der Waals surface area contributed by atoms with E-state index in [1.807, 2.05) is 31.2 Å². The molecule has 0 saturated carbocycles. The first-order valence-corrected chi connectivity index (χ1v) is 11.2. The predicted molar refractivity (Wildman–Crippen MR) is 126 cm³/mol. The summed E-state index contributed by atoms with van der Waals surface area (Å²) in [6.45, 7) is 3.26. The van der Waals surface area contributed by atoms with E-state index in [2.05, 4.69) is 15.5 Å². The van der Waals surface area contributed by atoms with Gasteiger partial charge in [-0.15, -0.1) is 10.2 Å². The first-order valence-electron chi connectivity index (χ1n) is 10.2. The molecule has 0 spiro atoms. The van der Waals surface area contributed by atoms with Crippen LogP contribution in [-0.2, 0) is 4.79 Å². The molecule has 11 heteroatoms. The zero-order chi connectivity index (χ0) is 23.6. The summed E-state index contributed by atoms with van der Waals surface area (Å²) in [4.78, 5) is 12.2. The van der Waals surface area contributed by atoms with E-state index >= 15 is 0 Å². The van der Waals surface area contributed by atoms with Crippen molar-refractivity contribution in [2.75, 3.05) is 45.6 Å². The Kier molecular flexibility index (Phi) is 8.64. The van der Waals surface area contributed by atoms with Gasteiger partial charge in [0.15, 0.2) is 5.82 Å². The van der Waals surface area contributed by atoms with Crippen LogP contribution in [0.1, 0.15) is 6.92 Å². The Morgan fingerprint density at radius 3 is 2.39 bits per heavy atom. The highest BCUT2D eigenvalue weighted by molar-refractivity contribution is 7.99. The molecule has 0 bridgehead atoms. The van der Waals surface area contributed by atoms with E-state index in [-0.39, 0.29) is 11.7 Å². The monoisotopic (exact) mass is 473 g/mol. The van der Waals surface area contributed by atoms with Gasteiger partial charge in [-0.05, 0) is 43.3 Å². The third kappa shape index (κ3) is 6.45. The maximum absolute atomic E-state index is 12.2. The number of nitrogens with two attached hydrogens (primary N) is 1. The molecule has 1 amide bonds. The molecule has 0 aliphatic rings. The number of rotatable bonds is 12. The standard InChI is InChI=1S/C22H27N5O5S/c1-4-31-15-5-7-16(8-6-15)32-12-11-24-20(28)14-33-22-26-25-21(27(22)23)18-10-9-17(29-2)13-19(18)30-3/h5-10,13H,4,11-12,14,23H2,1-3H3,(H,24,28). The summed E-state index contributed by atoms with van der Waals surface area (Å²) in [5.74, 6) is 9.24. The minimum Gasteiger partial charge on any atom is -0.497 e. The number of nitrogens with zero attached hydrogens (tertiary/aromatic N) is 3. The molecule has 2 aromatic carbocycles. The van der Waals surface area contributed by atoms with Crippen molar-refractivity contribution < 1.29 is 23.7 Å². The van der Waals surface area contributed by atoms with Crippen LogP contribution in [0.2, 0.25) is 0 Å². The van der Waals surface area contributed by atoms with Crippen molar-refractivity contribution in [2.45, 2.75) is 12.1 Å². The molecule has 33 heavy (non-hydrogen) atoms. The number of nitrogen functional groups attached to an aromatic ring is 1. The quantitative estimate of drug-likeness (QED) is 0.232. The average Bonchev–Trinajstić information content (AvgIpc) is 3.21. The Balaban J connectivity index is 1.46. The number of ether oxygens (including phenoxy) is 4. The van der Waals surface area contributed by atoms with E-state index in [9.17, 15) is 4.79 Å². The van der Waals surface area contributed by atoms with E-state index in [4.69, 9.17) is 24.8 Å². The summed E-state index contributed by atoms with van der Waals surface area (Å²) in [5.41, 5.74) is 0.663. The van der Waals surface area contributed by atoms with Crippen LogP contribution in [0.5, 0.6) is 23.0 Å². The summed E-state index contributed by atoms with van der Waals surface area (Å²) in [7, 11) is 3.13. The Hall–Kier alpha value is -3.60. The van der Waals surface area contributed by atoms with Crippen molar-refractivity contribution in [3.05, 3.63) is 42.5 Å². The largest absolute Gasteiger partial charge is 0.497 e. The smallest absolute Gasteiger partial charge is 0.230 e. The zero-order valence-electron chi connectivity index (χ0n) is 18.7. The molecule has 10 nitrogen and oxygen atoms in total. The molecule has 3 rings (SSSR count). The number of methoxy groups -OCH3 is 2. The molecule has 0 aliphatic carbocycles. The first-order chi connectivity index (χ1) is 16.0. The highest BCUT2D eigenvalue weighted by atomic mass is 32.2. The van der Waals surface area contributed by atoms with E-state index in [0.29, 0.717) is 53.6 Å². The predicted octanol–water partition coefficient (Wildman–Crippen LogP) is 2.36. The number of carbonyl (C=O) groups is 1. The minimum absolute atomic E-state index is 0.137. The summed E-state index contributed by atoms with van der Waals surface area (Å²) in [6, 6.07) is 12.6. The number of thioether (sulfide) groups is 1. The van der Waals surface area contributed by atoms with Crippen LogP contribution in [0, 0.1) is 0 Å². The molecule has 1 heterocycles. The van der Waals surface area contributed by atoms with Crippen LogP contribution in [0.4, 0.5) is 0 Å². The van der Waals surface area contributed by atoms with Gasteiger partial charge in [0.2, 0.25) is 11.1 Å². The van der Waals surface area contributed by atoms with Gasteiger partial charge in [0.25, 0.3) is 0 Å². The van der Waals surface area contributed by atoms with Crippen LogP contribution >= 0.6 is 11.8 Å². The summed E-state index contributed by atoms with van der Waals surface area (Å²) in [5, 5.41) is 11.4. The first kappa shape index (κ1) is 24.1. The van der Waals surface area contributed by atoms with Gasteiger partial charge < -0.3 is 30.1 Å². The molecule has 3 aromatic rings. The average molecular weight is 474 g/mol. The lowest BCUT2D eigenvalue weighted by Gasteiger charge is -2.10. The molecule has 0 unspecified atom stereocenters. The molecular formula is C22H27N5O5S. The Labute approximate surface area is 196 Å². The molecule has 0 radical (unpaired) electrons. The van der Waals surface area contributed by atoms with Crippen molar-refractivity contribution in [3.8, 4) is 34.4 Å². The maximum atomic E-state index is 12.2. The third-order valence-electron chi connectivity index (χ3n) is 4.47. The number of benzene rings is 2. The molecule has 3 N–H and O–H groups in total. The van der Waals surface area contributed by atoms with E-state index in [0.717, 1.165) is 5.75 Å². The molecule has 0 fully saturated rings. The Morgan fingerprint density at radius 2 is 1.73 bits per heavy atom. The second-order valence-electron chi connectivity index (χ2n) is 6.63. The number of nitrogens with one attached hydrogen (secondary N) is 1. The fraction of sp³-hybridized carbons (Fsp3) is 0.318. The van der Waals surface area contributed by atoms with Crippen molar-refractivity contribution >= 4 is 17.7 Å². The van der Waals surface area contributed by atoms with Crippen LogP contribution < -0.4 is 30.1 Å². The summed E-state index contributed by atoms with van der Waals surface area (Å²) < 4.78 is 23.0. The Bertz CT molecular complexity index is 1060. The lowest BCUT2D eigenvalue weighted by molar-refractivity contribution is -0.118. The Morgan fingerprint density at radius 1 is 1.03 bits per heavy atom. The lowest BCUT2D eigenvalue weighted by atomic mass is 10.2. The lowest BCUT2D eigenvalue weighted by Crippen LogP contribution is -2.29. The fourth-order valence-electron chi connectivity index (χ4n) is 2.88. The van der Waals surface area contributed by atoms with Gasteiger partial charge in [-0.2, -0.15) is 0 Å². The van der Waals surface area contributed by atoms with Crippen molar-refractivity contribution in [3.63, 3.8) is 0 Å². The fourth-order valence-corrected chi connectivity index (χ4v) is 3.57. The van der Waals surface area contributed by atoms with Gasteiger partial charge in [-0.1, -0.05) is 11.8 Å². The van der Waals surface area contributed by atoms with Crippen LogP contribution in [0.25, 0.3) is 11.4 Å². The van der Waals surface area contributed by atoms with Crippen molar-refractivity contribution in [2.24, 2.45) is 0 Å². The SMILES string of the molecule is CCOc1ccc(OCCNC(=O)CSc2nnc(-c3ccc(OC)cc3OC)n2N)cc1. The van der Waals surface area contributed by atoms with Crippen molar-refractivity contribution in [1.82, 2.24) is 20.2 Å². The molecule has 176 valence electrons. The summed E-state index contributed by atoms with van der Waals surface area (Å²) in [6.07, 6.45) is 0. The van der Waals surface area contributed by atoms with Gasteiger partial charge in [-0.3, -0.25) is 4.79 Å². The van der Waals surface area contributed by atoms with Crippen LogP contribution in [-0.4, -0.2) is 60.5 Å². The van der Waals surface area contributed by atoms with Gasteiger partial charge in [0.05, 0.1) is 38.7 Å².